The van der Waals surface area contributed by atoms with Gasteiger partial charge in [0.25, 0.3) is 5.91 Å². The third-order valence-corrected chi connectivity index (χ3v) is 6.27. The van der Waals surface area contributed by atoms with E-state index >= 15 is 0 Å². The minimum Gasteiger partial charge on any atom is -0.376 e. The van der Waals surface area contributed by atoms with Crippen LogP contribution in [-0.4, -0.2) is 48.5 Å². The number of anilines is 1. The van der Waals surface area contributed by atoms with Gasteiger partial charge in [-0.05, 0) is 62.0 Å². The van der Waals surface area contributed by atoms with Crippen LogP contribution < -0.4 is 16.0 Å². The summed E-state index contributed by atoms with van der Waals surface area (Å²) in [6, 6.07) is 12.6. The van der Waals surface area contributed by atoms with E-state index in [2.05, 4.69) is 51.8 Å². The number of rotatable bonds is 7. The fourth-order valence-electron chi connectivity index (χ4n) is 4.61. The smallest absolute Gasteiger partial charge is 0.251 e. The number of carbonyl (C=O) groups excluding carboxylic acids is 1. The molecule has 0 aliphatic carbocycles. The number of hydrogen-bond acceptors (Lipinski definition) is 5. The van der Waals surface area contributed by atoms with Crippen molar-refractivity contribution in [1.82, 2.24) is 20.5 Å². The summed E-state index contributed by atoms with van der Waals surface area (Å²) in [7, 11) is 0. The predicted octanol–water partition coefficient (Wildman–Crippen LogP) is 2.97. The molecule has 29 heavy (non-hydrogen) atoms. The lowest BCUT2D eigenvalue weighted by atomic mass is 9.81. The summed E-state index contributed by atoms with van der Waals surface area (Å²) >= 11 is 0. The Labute approximate surface area is 173 Å². The normalized spacial score (nSPS) is 22.7. The van der Waals surface area contributed by atoms with Gasteiger partial charge in [-0.3, -0.25) is 9.78 Å². The molecule has 3 heterocycles. The maximum absolute atomic E-state index is 12.7. The van der Waals surface area contributed by atoms with Gasteiger partial charge >= 0.3 is 0 Å². The van der Waals surface area contributed by atoms with Crippen molar-refractivity contribution in [1.29, 1.82) is 0 Å². The van der Waals surface area contributed by atoms with E-state index in [1.165, 1.54) is 5.56 Å². The van der Waals surface area contributed by atoms with Crippen LogP contribution in [0.1, 0.15) is 54.0 Å². The molecule has 1 amide bonds. The van der Waals surface area contributed by atoms with Crippen molar-refractivity contribution in [2.75, 3.05) is 38.0 Å². The van der Waals surface area contributed by atoms with Crippen LogP contribution in [-0.2, 0) is 0 Å². The van der Waals surface area contributed by atoms with Gasteiger partial charge in [0.2, 0.25) is 0 Å². The Hall–Kier alpha value is -2.44. The highest BCUT2D eigenvalue weighted by molar-refractivity contribution is 5.95. The molecule has 1 fully saturated rings. The standard InChI is InChI=1S/C23H31N5O/c1-3-28(4-2)14-13-26-23(29)16-8-9-19-18(15-16)21-17(10-12-25-21)22(27-19)20-7-5-6-11-24-20/h5-9,11,15,17,21-22,25,27H,3-4,10,12-14H2,1-2H3,(H,26,29)/t17-,21+,22?/m1/s1. The van der Waals surface area contributed by atoms with E-state index in [9.17, 15) is 4.79 Å². The van der Waals surface area contributed by atoms with E-state index in [1.54, 1.807) is 0 Å². The van der Waals surface area contributed by atoms with Gasteiger partial charge in [0.05, 0.1) is 11.7 Å². The molecular weight excluding hydrogens is 362 g/mol. The highest BCUT2D eigenvalue weighted by Gasteiger charge is 2.40. The number of hydrogen-bond donors (Lipinski definition) is 3. The van der Waals surface area contributed by atoms with Gasteiger partial charge in [0.1, 0.15) is 0 Å². The molecule has 1 aromatic carbocycles. The zero-order chi connectivity index (χ0) is 20.2. The number of aromatic nitrogens is 1. The molecule has 3 atom stereocenters. The summed E-state index contributed by atoms with van der Waals surface area (Å²) in [5, 5.41) is 10.4. The van der Waals surface area contributed by atoms with Crippen molar-refractivity contribution < 1.29 is 4.79 Å². The van der Waals surface area contributed by atoms with E-state index in [-0.39, 0.29) is 18.0 Å². The molecule has 1 saturated heterocycles. The Morgan fingerprint density at radius 1 is 1.21 bits per heavy atom. The van der Waals surface area contributed by atoms with E-state index in [0.717, 1.165) is 49.5 Å². The third kappa shape index (κ3) is 4.14. The van der Waals surface area contributed by atoms with Crippen LogP contribution in [0.15, 0.2) is 42.6 Å². The molecule has 0 radical (unpaired) electrons. The molecule has 1 aromatic heterocycles. The fourth-order valence-corrected chi connectivity index (χ4v) is 4.61. The largest absolute Gasteiger partial charge is 0.376 e. The summed E-state index contributed by atoms with van der Waals surface area (Å²) in [6.45, 7) is 8.83. The van der Waals surface area contributed by atoms with Gasteiger partial charge in [-0.1, -0.05) is 19.9 Å². The van der Waals surface area contributed by atoms with Gasteiger partial charge in [-0.25, -0.2) is 0 Å². The first-order chi connectivity index (χ1) is 14.2. The SMILES string of the molecule is CCN(CC)CCNC(=O)c1ccc2c(c1)[C@H]1NCC[C@H]1C(c1ccccn1)N2. The van der Waals surface area contributed by atoms with Crippen LogP contribution in [0.3, 0.4) is 0 Å². The molecule has 0 bridgehead atoms. The molecule has 0 saturated carbocycles. The highest BCUT2D eigenvalue weighted by Crippen LogP contribution is 2.46. The Morgan fingerprint density at radius 2 is 2.07 bits per heavy atom. The maximum Gasteiger partial charge on any atom is 0.251 e. The van der Waals surface area contributed by atoms with Crippen LogP contribution in [0.25, 0.3) is 0 Å². The molecule has 0 spiro atoms. The summed E-state index contributed by atoms with van der Waals surface area (Å²) < 4.78 is 0. The molecular formula is C23H31N5O. The maximum atomic E-state index is 12.7. The minimum atomic E-state index is 0.00125. The minimum absolute atomic E-state index is 0.00125. The van der Waals surface area contributed by atoms with Crippen molar-refractivity contribution in [2.24, 2.45) is 5.92 Å². The van der Waals surface area contributed by atoms with Crippen molar-refractivity contribution in [2.45, 2.75) is 32.4 Å². The first kappa shape index (κ1) is 19.9. The van der Waals surface area contributed by atoms with Gasteiger partial charge in [0.15, 0.2) is 0 Å². The molecule has 3 N–H and O–H groups in total. The van der Waals surface area contributed by atoms with Crippen LogP contribution >= 0.6 is 0 Å². The van der Waals surface area contributed by atoms with E-state index < -0.39 is 0 Å². The second-order valence-electron chi connectivity index (χ2n) is 7.85. The molecule has 6 heteroatoms. The number of amides is 1. The zero-order valence-corrected chi connectivity index (χ0v) is 17.3. The summed E-state index contributed by atoms with van der Waals surface area (Å²) in [4.78, 5) is 19.6. The van der Waals surface area contributed by atoms with Crippen LogP contribution in [0.2, 0.25) is 0 Å². The zero-order valence-electron chi connectivity index (χ0n) is 17.3. The average Bonchev–Trinajstić information content (AvgIpc) is 3.26. The molecule has 2 aliphatic heterocycles. The monoisotopic (exact) mass is 393 g/mol. The first-order valence-corrected chi connectivity index (χ1v) is 10.8. The Balaban J connectivity index is 1.50. The molecule has 2 aromatic rings. The number of pyridine rings is 1. The molecule has 1 unspecified atom stereocenters. The summed E-state index contributed by atoms with van der Waals surface area (Å²) in [6.07, 6.45) is 2.95. The third-order valence-electron chi connectivity index (χ3n) is 6.27. The topological polar surface area (TPSA) is 69.3 Å². The van der Waals surface area contributed by atoms with Gasteiger partial charge in [-0.2, -0.15) is 0 Å². The predicted molar refractivity (Wildman–Crippen MR) is 116 cm³/mol. The van der Waals surface area contributed by atoms with E-state index in [4.69, 9.17) is 0 Å². The average molecular weight is 394 g/mol. The Kier molecular flexibility index (Phi) is 6.11. The van der Waals surface area contributed by atoms with Gasteiger partial charge in [0, 0.05) is 42.5 Å². The Bertz CT molecular complexity index is 836. The van der Waals surface area contributed by atoms with Crippen LogP contribution in [0.5, 0.6) is 0 Å². The Morgan fingerprint density at radius 3 is 2.83 bits per heavy atom. The highest BCUT2D eigenvalue weighted by atomic mass is 16.1. The first-order valence-electron chi connectivity index (χ1n) is 10.8. The van der Waals surface area contributed by atoms with Crippen LogP contribution in [0.4, 0.5) is 5.69 Å². The van der Waals surface area contributed by atoms with E-state index in [1.807, 2.05) is 30.5 Å². The van der Waals surface area contributed by atoms with E-state index in [0.29, 0.717) is 12.5 Å². The quantitative estimate of drug-likeness (QED) is 0.675. The number of carbonyl (C=O) groups is 1. The van der Waals surface area contributed by atoms with Crippen molar-refractivity contribution in [3.63, 3.8) is 0 Å². The second kappa shape index (κ2) is 8.93. The van der Waals surface area contributed by atoms with Gasteiger partial charge < -0.3 is 20.9 Å². The van der Waals surface area contributed by atoms with Crippen molar-refractivity contribution in [3.8, 4) is 0 Å². The number of nitrogens with zero attached hydrogens (tertiary/aromatic N) is 2. The number of likely N-dealkylation sites (N-methyl/N-ethyl adjacent to an activating group) is 1. The van der Waals surface area contributed by atoms with Gasteiger partial charge in [-0.15, -0.1) is 0 Å². The van der Waals surface area contributed by atoms with Crippen LogP contribution in [0, 0.1) is 5.92 Å². The molecule has 4 rings (SSSR count). The lowest BCUT2D eigenvalue weighted by molar-refractivity contribution is 0.0948. The summed E-state index contributed by atoms with van der Waals surface area (Å²) in [5.74, 6) is 0.430. The van der Waals surface area contributed by atoms with Crippen molar-refractivity contribution in [3.05, 3.63) is 59.4 Å². The number of nitrogens with one attached hydrogen (secondary N) is 3. The lowest BCUT2D eigenvalue weighted by Gasteiger charge is -2.36. The number of fused-ring (bicyclic) bond motifs is 3. The number of benzene rings is 1. The molecule has 6 nitrogen and oxygen atoms in total. The van der Waals surface area contributed by atoms with Crippen molar-refractivity contribution >= 4 is 11.6 Å². The lowest BCUT2D eigenvalue weighted by Crippen LogP contribution is -2.35. The molecule has 2 aliphatic rings. The summed E-state index contributed by atoms with van der Waals surface area (Å²) in [5.41, 5.74) is 4.09. The second-order valence-corrected chi connectivity index (χ2v) is 7.85. The molecule has 154 valence electrons. The fraction of sp³-hybridized carbons (Fsp3) is 0.478.